The SMILES string of the molecule is COc1cc(Cl)ccc1C(=O)NS(=O)(=O)c1ccc2c(c1)OCCO2. The van der Waals surface area contributed by atoms with Crippen LogP contribution in [0.25, 0.3) is 0 Å². The molecule has 0 saturated carbocycles. The van der Waals surface area contributed by atoms with Gasteiger partial charge < -0.3 is 14.2 Å². The second-order valence-electron chi connectivity index (χ2n) is 5.08. The summed E-state index contributed by atoms with van der Waals surface area (Å²) in [5.74, 6) is 0.104. The highest BCUT2D eigenvalue weighted by atomic mass is 35.5. The highest BCUT2D eigenvalue weighted by Crippen LogP contribution is 2.32. The van der Waals surface area contributed by atoms with Crippen molar-refractivity contribution in [2.45, 2.75) is 4.90 Å². The lowest BCUT2D eigenvalue weighted by Crippen LogP contribution is -2.31. The number of sulfonamides is 1. The van der Waals surface area contributed by atoms with E-state index in [0.29, 0.717) is 29.7 Å². The summed E-state index contributed by atoms with van der Waals surface area (Å²) >= 11 is 5.84. The first-order chi connectivity index (χ1) is 11.9. The molecule has 1 heterocycles. The monoisotopic (exact) mass is 383 g/mol. The molecule has 1 N–H and O–H groups in total. The average molecular weight is 384 g/mol. The zero-order chi connectivity index (χ0) is 18.0. The Morgan fingerprint density at radius 2 is 1.84 bits per heavy atom. The van der Waals surface area contributed by atoms with Crippen LogP contribution in [0.2, 0.25) is 5.02 Å². The van der Waals surface area contributed by atoms with Crippen molar-refractivity contribution >= 4 is 27.5 Å². The van der Waals surface area contributed by atoms with Crippen molar-refractivity contribution in [2.75, 3.05) is 20.3 Å². The Balaban J connectivity index is 1.88. The van der Waals surface area contributed by atoms with Crippen LogP contribution in [0.5, 0.6) is 17.2 Å². The van der Waals surface area contributed by atoms with Crippen LogP contribution < -0.4 is 18.9 Å². The molecular weight excluding hydrogens is 370 g/mol. The summed E-state index contributed by atoms with van der Waals surface area (Å²) in [5.41, 5.74) is 0.0491. The largest absolute Gasteiger partial charge is 0.496 e. The molecule has 2 aromatic carbocycles. The Morgan fingerprint density at radius 1 is 1.12 bits per heavy atom. The fourth-order valence-corrected chi connectivity index (χ4v) is 3.42. The fourth-order valence-electron chi connectivity index (χ4n) is 2.28. The average Bonchev–Trinajstić information content (AvgIpc) is 2.60. The van der Waals surface area contributed by atoms with E-state index in [0.717, 1.165) is 0 Å². The first kappa shape index (κ1) is 17.4. The molecule has 0 spiro atoms. The van der Waals surface area contributed by atoms with Crippen LogP contribution in [0.4, 0.5) is 0 Å². The second kappa shape index (κ2) is 6.81. The number of rotatable bonds is 4. The molecule has 9 heteroatoms. The third-order valence-corrected chi connectivity index (χ3v) is 5.02. The maximum absolute atomic E-state index is 12.5. The molecule has 1 aliphatic heterocycles. The van der Waals surface area contributed by atoms with Gasteiger partial charge >= 0.3 is 0 Å². The van der Waals surface area contributed by atoms with E-state index in [1.54, 1.807) is 0 Å². The second-order valence-corrected chi connectivity index (χ2v) is 7.20. The van der Waals surface area contributed by atoms with Gasteiger partial charge in [-0.05, 0) is 30.3 Å². The lowest BCUT2D eigenvalue weighted by Gasteiger charge is -2.19. The van der Waals surface area contributed by atoms with Gasteiger partial charge in [-0.1, -0.05) is 11.6 Å². The highest BCUT2D eigenvalue weighted by Gasteiger charge is 2.23. The van der Waals surface area contributed by atoms with Crippen molar-refractivity contribution in [1.82, 2.24) is 4.72 Å². The van der Waals surface area contributed by atoms with Crippen LogP contribution in [0.15, 0.2) is 41.3 Å². The van der Waals surface area contributed by atoms with Crippen molar-refractivity contribution in [3.05, 3.63) is 47.0 Å². The molecule has 0 aliphatic carbocycles. The molecule has 0 aromatic heterocycles. The number of carbonyl (C=O) groups excluding carboxylic acids is 1. The Morgan fingerprint density at radius 3 is 2.56 bits per heavy atom. The number of ether oxygens (including phenoxy) is 3. The number of hydrogen-bond donors (Lipinski definition) is 1. The Bertz CT molecular complexity index is 928. The summed E-state index contributed by atoms with van der Waals surface area (Å²) in [5, 5.41) is 0.364. The van der Waals surface area contributed by atoms with Crippen LogP contribution in [0.1, 0.15) is 10.4 Å². The normalized spacial score (nSPS) is 13.2. The van der Waals surface area contributed by atoms with Gasteiger partial charge in [0.2, 0.25) is 0 Å². The molecule has 0 unspecified atom stereocenters. The standard InChI is InChI=1S/C16H14ClNO6S/c1-22-14-8-10(17)2-4-12(14)16(19)18-25(20,21)11-3-5-13-15(9-11)24-7-6-23-13/h2-5,8-9H,6-7H2,1H3,(H,18,19). The summed E-state index contributed by atoms with van der Waals surface area (Å²) < 4.78 is 42.7. The van der Waals surface area contributed by atoms with Gasteiger partial charge in [-0.2, -0.15) is 0 Å². The number of methoxy groups -OCH3 is 1. The molecule has 0 saturated heterocycles. The zero-order valence-corrected chi connectivity index (χ0v) is 14.7. The van der Waals surface area contributed by atoms with Crippen molar-refractivity contribution in [2.24, 2.45) is 0 Å². The number of halogens is 1. The molecule has 25 heavy (non-hydrogen) atoms. The quantitative estimate of drug-likeness (QED) is 0.870. The van der Waals surface area contributed by atoms with E-state index in [1.807, 2.05) is 4.72 Å². The van der Waals surface area contributed by atoms with Crippen LogP contribution in [0.3, 0.4) is 0 Å². The number of carbonyl (C=O) groups is 1. The molecule has 7 nitrogen and oxygen atoms in total. The Hall–Kier alpha value is -2.45. The molecule has 0 fully saturated rings. The first-order valence-electron chi connectivity index (χ1n) is 7.21. The highest BCUT2D eigenvalue weighted by molar-refractivity contribution is 7.90. The molecular formula is C16H14ClNO6S. The van der Waals surface area contributed by atoms with E-state index in [9.17, 15) is 13.2 Å². The summed E-state index contributed by atoms with van der Waals surface area (Å²) in [6, 6.07) is 8.40. The Labute approximate surface area is 149 Å². The van der Waals surface area contributed by atoms with Gasteiger partial charge in [0, 0.05) is 11.1 Å². The van der Waals surface area contributed by atoms with E-state index in [2.05, 4.69) is 0 Å². The van der Waals surface area contributed by atoms with Gasteiger partial charge in [0.15, 0.2) is 11.5 Å². The number of hydrogen-bond acceptors (Lipinski definition) is 6. The topological polar surface area (TPSA) is 90.9 Å². The van der Waals surface area contributed by atoms with Crippen LogP contribution in [-0.2, 0) is 10.0 Å². The van der Waals surface area contributed by atoms with E-state index < -0.39 is 15.9 Å². The van der Waals surface area contributed by atoms with Crippen LogP contribution in [0, 0.1) is 0 Å². The van der Waals surface area contributed by atoms with Crippen molar-refractivity contribution in [1.29, 1.82) is 0 Å². The summed E-state index contributed by atoms with van der Waals surface area (Å²) in [7, 11) is -2.74. The van der Waals surface area contributed by atoms with E-state index >= 15 is 0 Å². The minimum absolute atomic E-state index is 0.0491. The molecule has 132 valence electrons. The third-order valence-electron chi connectivity index (χ3n) is 3.46. The van der Waals surface area contributed by atoms with Gasteiger partial charge in [-0.15, -0.1) is 0 Å². The predicted octanol–water partition coefficient (Wildman–Crippen LogP) is 2.24. The maximum atomic E-state index is 12.5. The number of benzene rings is 2. The minimum Gasteiger partial charge on any atom is -0.496 e. The molecule has 2 aromatic rings. The third kappa shape index (κ3) is 3.64. The molecule has 3 rings (SSSR count). The lowest BCUT2D eigenvalue weighted by atomic mass is 10.2. The fraction of sp³-hybridized carbons (Fsp3) is 0.188. The van der Waals surface area contributed by atoms with Gasteiger partial charge in [0.05, 0.1) is 17.6 Å². The maximum Gasteiger partial charge on any atom is 0.268 e. The lowest BCUT2D eigenvalue weighted by molar-refractivity contribution is 0.0978. The van der Waals surface area contributed by atoms with Crippen molar-refractivity contribution in [3.63, 3.8) is 0 Å². The number of nitrogens with one attached hydrogen (secondary N) is 1. The van der Waals surface area contributed by atoms with Gasteiger partial charge in [0.1, 0.15) is 19.0 Å². The van der Waals surface area contributed by atoms with E-state index in [1.165, 1.54) is 43.5 Å². The van der Waals surface area contributed by atoms with Crippen molar-refractivity contribution in [3.8, 4) is 17.2 Å². The van der Waals surface area contributed by atoms with E-state index in [-0.39, 0.29) is 16.2 Å². The summed E-state index contributed by atoms with van der Waals surface area (Å²) in [6.45, 7) is 0.719. The van der Waals surface area contributed by atoms with Crippen LogP contribution >= 0.6 is 11.6 Å². The summed E-state index contributed by atoms with van der Waals surface area (Å²) in [4.78, 5) is 12.2. The molecule has 0 radical (unpaired) electrons. The number of fused-ring (bicyclic) bond motifs is 1. The number of amides is 1. The van der Waals surface area contributed by atoms with Gasteiger partial charge in [0.25, 0.3) is 15.9 Å². The molecule has 0 bridgehead atoms. The zero-order valence-electron chi connectivity index (χ0n) is 13.1. The van der Waals surface area contributed by atoms with Gasteiger partial charge in [-0.25, -0.2) is 13.1 Å². The molecule has 1 aliphatic rings. The minimum atomic E-state index is -4.10. The van der Waals surface area contributed by atoms with Crippen molar-refractivity contribution < 1.29 is 27.4 Å². The Kier molecular flexibility index (Phi) is 4.73. The van der Waals surface area contributed by atoms with Gasteiger partial charge in [-0.3, -0.25) is 4.79 Å². The van der Waals surface area contributed by atoms with E-state index in [4.69, 9.17) is 25.8 Å². The van der Waals surface area contributed by atoms with Crippen LogP contribution in [-0.4, -0.2) is 34.6 Å². The molecule has 1 amide bonds. The smallest absolute Gasteiger partial charge is 0.268 e. The predicted molar refractivity (Wildman–Crippen MR) is 90.1 cm³/mol. The first-order valence-corrected chi connectivity index (χ1v) is 9.07. The molecule has 0 atom stereocenters. The summed E-state index contributed by atoms with van der Waals surface area (Å²) in [6.07, 6.45) is 0.